The Morgan fingerprint density at radius 3 is 2.85 bits per heavy atom. The van der Waals surface area contributed by atoms with Crippen LogP contribution in [0.25, 0.3) is 27.7 Å². The van der Waals surface area contributed by atoms with Crippen LogP contribution in [0, 0.1) is 24.7 Å². The van der Waals surface area contributed by atoms with Crippen molar-refractivity contribution >= 4 is 45.3 Å². The molecule has 2 amide bonds. The van der Waals surface area contributed by atoms with Crippen LogP contribution in [0.2, 0.25) is 0 Å². The van der Waals surface area contributed by atoms with Crippen LogP contribution in [0.4, 0.5) is 5.69 Å². The lowest BCUT2D eigenvalue weighted by molar-refractivity contribution is -0.132. The summed E-state index contributed by atoms with van der Waals surface area (Å²) in [6, 6.07) is 9.53. The van der Waals surface area contributed by atoms with Crippen molar-refractivity contribution in [1.29, 1.82) is 0 Å². The molecular formula is C30H29N7O2S. The zero-order valence-electron chi connectivity index (χ0n) is 22.2. The van der Waals surface area contributed by atoms with Gasteiger partial charge in [0.05, 0.1) is 12.1 Å². The van der Waals surface area contributed by atoms with E-state index in [1.54, 1.807) is 23.7 Å². The Bertz CT molecular complexity index is 1650. The number of H-pyrrole nitrogens is 1. The van der Waals surface area contributed by atoms with Crippen molar-refractivity contribution in [1.82, 2.24) is 30.0 Å². The van der Waals surface area contributed by atoms with Crippen molar-refractivity contribution in [2.75, 3.05) is 38.0 Å². The standard InChI is InChI=1S/C30H29N7O2S/c1-3-30(9-14-36(19-30)18-26(38)37-12-7-21(8-13-37)28-32-11-15-40-28)29(39)33-23-4-5-25-24(17-23)27(35-34-25)22-6-10-31-20(2)16-22/h1,4-7,10-11,15-17H,8-9,12-14,18-19H2,2H3,(H,33,39)(H,34,35). The number of carbonyl (C=O) groups is 2. The average Bonchev–Trinajstić information content (AvgIpc) is 3.73. The lowest BCUT2D eigenvalue weighted by atomic mass is 9.87. The van der Waals surface area contributed by atoms with Crippen LogP contribution >= 0.6 is 11.3 Å². The monoisotopic (exact) mass is 551 g/mol. The van der Waals surface area contributed by atoms with Crippen molar-refractivity contribution in [2.45, 2.75) is 19.8 Å². The first-order chi connectivity index (χ1) is 19.4. The van der Waals surface area contributed by atoms with Gasteiger partial charge < -0.3 is 10.2 Å². The third-order valence-electron chi connectivity index (χ3n) is 7.68. The van der Waals surface area contributed by atoms with E-state index in [-0.39, 0.29) is 18.4 Å². The Morgan fingerprint density at radius 2 is 2.10 bits per heavy atom. The van der Waals surface area contributed by atoms with Gasteiger partial charge in [-0.25, -0.2) is 4.98 Å². The molecule has 1 atom stereocenters. The molecule has 1 unspecified atom stereocenters. The maximum absolute atomic E-state index is 13.5. The van der Waals surface area contributed by atoms with Gasteiger partial charge in [0, 0.05) is 66.3 Å². The molecule has 1 fully saturated rings. The Balaban J connectivity index is 1.11. The van der Waals surface area contributed by atoms with Gasteiger partial charge >= 0.3 is 0 Å². The van der Waals surface area contributed by atoms with Gasteiger partial charge in [0.2, 0.25) is 11.8 Å². The van der Waals surface area contributed by atoms with Gasteiger partial charge in [-0.2, -0.15) is 5.10 Å². The summed E-state index contributed by atoms with van der Waals surface area (Å²) in [5.74, 6) is 2.57. The van der Waals surface area contributed by atoms with E-state index in [2.05, 4.69) is 37.5 Å². The van der Waals surface area contributed by atoms with Crippen LogP contribution in [0.3, 0.4) is 0 Å². The third-order valence-corrected chi connectivity index (χ3v) is 8.53. The molecule has 0 saturated carbocycles. The smallest absolute Gasteiger partial charge is 0.244 e. The minimum atomic E-state index is -1.00. The second-order valence-electron chi connectivity index (χ2n) is 10.3. The normalized spacial score (nSPS) is 19.4. The number of aromatic amines is 1. The fourth-order valence-corrected chi connectivity index (χ4v) is 6.12. The van der Waals surface area contributed by atoms with Crippen molar-refractivity contribution < 1.29 is 9.59 Å². The highest BCUT2D eigenvalue weighted by atomic mass is 32.1. The predicted octanol–water partition coefficient (Wildman–Crippen LogP) is 3.97. The van der Waals surface area contributed by atoms with Crippen LogP contribution in [0.5, 0.6) is 0 Å². The summed E-state index contributed by atoms with van der Waals surface area (Å²) in [5.41, 5.74) is 4.34. The van der Waals surface area contributed by atoms with Gasteiger partial charge in [-0.15, -0.1) is 17.8 Å². The zero-order valence-corrected chi connectivity index (χ0v) is 23.0. The number of pyridine rings is 1. The predicted molar refractivity (Wildman–Crippen MR) is 156 cm³/mol. The SMILES string of the molecule is C#CC1(C(=O)Nc2ccc3[nH]nc(-c4ccnc(C)c4)c3c2)CCN(CC(=O)N2CC=C(c3nccs3)CC2)C1. The quantitative estimate of drug-likeness (QED) is 0.351. The molecule has 10 heteroatoms. The first-order valence-electron chi connectivity index (χ1n) is 13.2. The molecule has 1 aromatic carbocycles. The molecule has 3 aromatic heterocycles. The molecule has 2 aliphatic heterocycles. The van der Waals surface area contributed by atoms with Crippen LogP contribution < -0.4 is 5.32 Å². The van der Waals surface area contributed by atoms with E-state index in [1.165, 1.54) is 5.57 Å². The van der Waals surface area contributed by atoms with Crippen LogP contribution in [0.1, 0.15) is 23.5 Å². The number of anilines is 1. The first kappa shape index (κ1) is 25.9. The fourth-order valence-electron chi connectivity index (χ4n) is 5.41. The minimum Gasteiger partial charge on any atom is -0.338 e. The molecular weight excluding hydrogens is 522 g/mol. The molecule has 1 saturated heterocycles. The molecule has 40 heavy (non-hydrogen) atoms. The van der Waals surface area contributed by atoms with E-state index in [1.807, 2.05) is 52.4 Å². The molecule has 6 rings (SSSR count). The fraction of sp³-hybridized carbons (Fsp3) is 0.300. The molecule has 0 aliphatic carbocycles. The van der Waals surface area contributed by atoms with Crippen molar-refractivity contribution in [3.8, 4) is 23.6 Å². The van der Waals surface area contributed by atoms with Gasteiger partial charge in [-0.05, 0) is 55.7 Å². The van der Waals surface area contributed by atoms with E-state index in [9.17, 15) is 9.59 Å². The molecule has 4 aromatic rings. The number of thiazole rings is 1. The van der Waals surface area contributed by atoms with Gasteiger partial charge in [-0.1, -0.05) is 12.0 Å². The zero-order chi connectivity index (χ0) is 27.7. The van der Waals surface area contributed by atoms with Gasteiger partial charge in [-0.3, -0.25) is 24.6 Å². The van der Waals surface area contributed by atoms with E-state index in [0.717, 1.165) is 39.3 Å². The van der Waals surface area contributed by atoms with E-state index < -0.39 is 5.41 Å². The first-order valence-corrected chi connectivity index (χ1v) is 14.1. The number of carbonyl (C=O) groups excluding carboxylic acids is 2. The lowest BCUT2D eigenvalue weighted by Gasteiger charge is -2.28. The summed E-state index contributed by atoms with van der Waals surface area (Å²) in [5, 5.41) is 14.4. The van der Waals surface area contributed by atoms with Gasteiger partial charge in [0.25, 0.3) is 0 Å². The molecule has 9 nitrogen and oxygen atoms in total. The van der Waals surface area contributed by atoms with Crippen molar-refractivity contribution in [2.24, 2.45) is 5.41 Å². The lowest BCUT2D eigenvalue weighted by Crippen LogP contribution is -2.43. The second-order valence-corrected chi connectivity index (χ2v) is 11.2. The van der Waals surface area contributed by atoms with Crippen LogP contribution in [-0.4, -0.2) is 74.5 Å². The van der Waals surface area contributed by atoms with Crippen LogP contribution in [0.15, 0.2) is 54.2 Å². The maximum Gasteiger partial charge on any atom is 0.244 e. The summed E-state index contributed by atoms with van der Waals surface area (Å²) in [6.45, 7) is 4.34. The summed E-state index contributed by atoms with van der Waals surface area (Å²) in [4.78, 5) is 39.0. The summed E-state index contributed by atoms with van der Waals surface area (Å²) >= 11 is 1.62. The number of amides is 2. The van der Waals surface area contributed by atoms with Gasteiger partial charge in [0.15, 0.2) is 0 Å². The number of benzene rings is 1. The highest BCUT2D eigenvalue weighted by Gasteiger charge is 2.44. The summed E-state index contributed by atoms with van der Waals surface area (Å²) < 4.78 is 0. The second kappa shape index (κ2) is 10.7. The van der Waals surface area contributed by atoms with E-state index >= 15 is 0 Å². The number of nitrogens with one attached hydrogen (secondary N) is 2. The number of hydrogen-bond donors (Lipinski definition) is 2. The molecule has 202 valence electrons. The number of likely N-dealkylation sites (tertiary alicyclic amines) is 1. The Hall–Kier alpha value is -4.33. The number of aryl methyl sites for hydroxylation is 1. The number of aromatic nitrogens is 4. The number of hydrogen-bond acceptors (Lipinski definition) is 7. The third kappa shape index (κ3) is 5.01. The number of fused-ring (bicyclic) bond motifs is 1. The number of terminal acetylenes is 1. The topological polar surface area (TPSA) is 107 Å². The molecule has 0 radical (unpaired) electrons. The molecule has 2 N–H and O–H groups in total. The highest BCUT2D eigenvalue weighted by molar-refractivity contribution is 7.10. The van der Waals surface area contributed by atoms with E-state index in [0.29, 0.717) is 38.3 Å². The van der Waals surface area contributed by atoms with E-state index in [4.69, 9.17) is 6.42 Å². The van der Waals surface area contributed by atoms with Crippen molar-refractivity contribution in [3.63, 3.8) is 0 Å². The Labute approximate surface area is 236 Å². The average molecular weight is 552 g/mol. The molecule has 5 heterocycles. The molecule has 0 bridgehead atoms. The number of nitrogens with zero attached hydrogens (tertiary/aromatic N) is 5. The molecule has 2 aliphatic rings. The minimum absolute atomic E-state index is 0.0481. The van der Waals surface area contributed by atoms with Gasteiger partial charge in [0.1, 0.15) is 16.1 Å². The number of rotatable bonds is 6. The summed E-state index contributed by atoms with van der Waals surface area (Å²) in [7, 11) is 0. The highest BCUT2D eigenvalue weighted by Crippen LogP contribution is 2.33. The largest absolute Gasteiger partial charge is 0.338 e. The summed E-state index contributed by atoms with van der Waals surface area (Å²) in [6.07, 6.45) is 12.9. The van der Waals surface area contributed by atoms with Crippen molar-refractivity contribution in [3.05, 3.63) is 64.9 Å². The molecule has 0 spiro atoms. The maximum atomic E-state index is 13.5. The Morgan fingerprint density at radius 1 is 1.20 bits per heavy atom. The van der Waals surface area contributed by atoms with Crippen LogP contribution in [-0.2, 0) is 9.59 Å². The Kier molecular flexibility index (Phi) is 6.92.